The Bertz CT molecular complexity index is 524. The summed E-state index contributed by atoms with van der Waals surface area (Å²) in [7, 11) is -3.74. The smallest absolute Gasteiger partial charge is 0.324 e. The van der Waals surface area contributed by atoms with Crippen LogP contribution in [-0.2, 0) is 15.3 Å². The van der Waals surface area contributed by atoms with Crippen LogP contribution in [0.3, 0.4) is 0 Å². The molecule has 0 aliphatic rings. The minimum absolute atomic E-state index is 0.249. The van der Waals surface area contributed by atoms with Crippen LogP contribution in [0.1, 0.15) is 25.0 Å². The molecule has 20 heavy (non-hydrogen) atoms. The van der Waals surface area contributed by atoms with Gasteiger partial charge in [-0.15, -0.1) is 0 Å². The van der Waals surface area contributed by atoms with Gasteiger partial charge in [0, 0.05) is 0 Å². The van der Waals surface area contributed by atoms with E-state index in [2.05, 4.69) is 0 Å². The highest BCUT2D eigenvalue weighted by Crippen LogP contribution is 2.43. The first-order chi connectivity index (χ1) is 9.10. The fourth-order valence-corrected chi connectivity index (χ4v) is 2.63. The Hall–Kier alpha value is -1.10. The lowest BCUT2D eigenvalue weighted by Gasteiger charge is -2.12. The SMILES string of the molecule is CC(C)OP(=O)(O)C/C=C/c1cccc(C(F)(F)F)c1. The van der Waals surface area contributed by atoms with Crippen LogP contribution >= 0.6 is 7.60 Å². The highest BCUT2D eigenvalue weighted by molar-refractivity contribution is 7.53. The van der Waals surface area contributed by atoms with Crippen molar-refractivity contribution in [3.05, 3.63) is 41.5 Å². The number of hydrogen-bond acceptors (Lipinski definition) is 2. The molecule has 1 unspecified atom stereocenters. The Morgan fingerprint density at radius 1 is 1.40 bits per heavy atom. The maximum Gasteiger partial charge on any atom is 0.416 e. The highest BCUT2D eigenvalue weighted by Gasteiger charge is 2.30. The van der Waals surface area contributed by atoms with E-state index in [1.165, 1.54) is 24.3 Å². The van der Waals surface area contributed by atoms with Crippen LogP contribution in [0, 0.1) is 0 Å². The zero-order chi connectivity index (χ0) is 15.4. The predicted octanol–water partition coefficient (Wildman–Crippen LogP) is 4.33. The topological polar surface area (TPSA) is 46.5 Å². The van der Waals surface area contributed by atoms with Gasteiger partial charge in [0.1, 0.15) is 0 Å². The summed E-state index contributed by atoms with van der Waals surface area (Å²) in [5, 5.41) is 0. The number of halogens is 3. The summed E-state index contributed by atoms with van der Waals surface area (Å²) in [6, 6.07) is 4.71. The van der Waals surface area contributed by atoms with E-state index in [-0.39, 0.29) is 6.16 Å². The van der Waals surface area contributed by atoms with E-state index >= 15 is 0 Å². The molecule has 1 rings (SSSR count). The minimum atomic E-state index is -4.41. The molecule has 0 radical (unpaired) electrons. The molecule has 7 heteroatoms. The van der Waals surface area contributed by atoms with Crippen LogP contribution in [0.25, 0.3) is 6.08 Å². The molecule has 1 N–H and O–H groups in total. The first-order valence-corrected chi connectivity index (χ1v) is 7.70. The van der Waals surface area contributed by atoms with Crippen LogP contribution in [0.5, 0.6) is 0 Å². The summed E-state index contributed by atoms with van der Waals surface area (Å²) in [6.07, 6.45) is -2.36. The van der Waals surface area contributed by atoms with Gasteiger partial charge in [0.2, 0.25) is 0 Å². The zero-order valence-electron chi connectivity index (χ0n) is 11.1. The average molecular weight is 308 g/mol. The molecule has 0 aliphatic carbocycles. The monoisotopic (exact) mass is 308 g/mol. The number of alkyl halides is 3. The summed E-state index contributed by atoms with van der Waals surface area (Å²) in [5.41, 5.74) is -0.449. The van der Waals surface area contributed by atoms with E-state index < -0.39 is 25.4 Å². The standard InChI is InChI=1S/C13H16F3O3P/c1-10(2)19-20(17,18)8-4-6-11-5-3-7-12(9-11)13(14,15)16/h3-7,9-10H,8H2,1-2H3,(H,17,18)/b6-4+. The van der Waals surface area contributed by atoms with Gasteiger partial charge in [-0.05, 0) is 31.5 Å². The van der Waals surface area contributed by atoms with Crippen molar-refractivity contribution in [3.63, 3.8) is 0 Å². The van der Waals surface area contributed by atoms with E-state index in [0.29, 0.717) is 5.56 Å². The van der Waals surface area contributed by atoms with Crippen molar-refractivity contribution < 1.29 is 27.2 Å². The van der Waals surface area contributed by atoms with Gasteiger partial charge < -0.3 is 9.42 Å². The van der Waals surface area contributed by atoms with Crippen molar-refractivity contribution >= 4 is 13.7 Å². The Balaban J connectivity index is 2.74. The van der Waals surface area contributed by atoms with Crippen molar-refractivity contribution in [2.45, 2.75) is 26.1 Å². The van der Waals surface area contributed by atoms with E-state index in [9.17, 15) is 22.6 Å². The van der Waals surface area contributed by atoms with E-state index in [0.717, 1.165) is 12.1 Å². The summed E-state index contributed by atoms with van der Waals surface area (Å²) >= 11 is 0. The maximum atomic E-state index is 12.5. The fraction of sp³-hybridized carbons (Fsp3) is 0.385. The van der Waals surface area contributed by atoms with E-state index in [1.807, 2.05) is 0 Å². The lowest BCUT2D eigenvalue weighted by molar-refractivity contribution is -0.137. The van der Waals surface area contributed by atoms with Gasteiger partial charge in [0.25, 0.3) is 0 Å². The second-order valence-electron chi connectivity index (χ2n) is 4.50. The largest absolute Gasteiger partial charge is 0.416 e. The van der Waals surface area contributed by atoms with Gasteiger partial charge in [-0.25, -0.2) is 0 Å². The molecular formula is C13H16F3O3P. The molecule has 0 saturated carbocycles. The fourth-order valence-electron chi connectivity index (χ4n) is 1.51. The summed E-state index contributed by atoms with van der Waals surface area (Å²) in [6.45, 7) is 3.25. The first-order valence-electron chi connectivity index (χ1n) is 5.94. The molecule has 1 atom stereocenters. The van der Waals surface area contributed by atoms with Crippen molar-refractivity contribution in [1.29, 1.82) is 0 Å². The van der Waals surface area contributed by atoms with Crippen LogP contribution in [-0.4, -0.2) is 17.2 Å². The van der Waals surface area contributed by atoms with Gasteiger partial charge in [-0.1, -0.05) is 24.3 Å². The third kappa shape index (κ3) is 5.90. The van der Waals surface area contributed by atoms with Gasteiger partial charge in [0.05, 0.1) is 17.8 Å². The number of rotatable bonds is 5. The van der Waals surface area contributed by atoms with Crippen LogP contribution in [0.2, 0.25) is 0 Å². The summed E-state index contributed by atoms with van der Waals surface area (Å²) < 4.78 is 53.9. The summed E-state index contributed by atoms with van der Waals surface area (Å²) in [4.78, 5) is 9.45. The van der Waals surface area contributed by atoms with Gasteiger partial charge in [-0.3, -0.25) is 4.57 Å². The van der Waals surface area contributed by atoms with Crippen LogP contribution in [0.15, 0.2) is 30.3 Å². The molecule has 1 aromatic carbocycles. The van der Waals surface area contributed by atoms with Gasteiger partial charge >= 0.3 is 13.8 Å². The lowest BCUT2D eigenvalue weighted by atomic mass is 10.1. The van der Waals surface area contributed by atoms with Crippen molar-refractivity contribution in [1.82, 2.24) is 0 Å². The molecule has 0 saturated heterocycles. The molecular weight excluding hydrogens is 292 g/mol. The lowest BCUT2D eigenvalue weighted by Crippen LogP contribution is -2.04. The van der Waals surface area contributed by atoms with Crippen LogP contribution in [0.4, 0.5) is 13.2 Å². The van der Waals surface area contributed by atoms with Crippen molar-refractivity contribution in [3.8, 4) is 0 Å². The van der Waals surface area contributed by atoms with E-state index in [1.54, 1.807) is 13.8 Å². The Labute approximate surface area is 115 Å². The third-order valence-electron chi connectivity index (χ3n) is 2.24. The Morgan fingerprint density at radius 3 is 2.60 bits per heavy atom. The van der Waals surface area contributed by atoms with E-state index in [4.69, 9.17) is 4.52 Å². The van der Waals surface area contributed by atoms with Crippen molar-refractivity contribution in [2.75, 3.05) is 6.16 Å². The molecule has 0 aromatic heterocycles. The molecule has 0 bridgehead atoms. The number of benzene rings is 1. The normalized spacial score (nSPS) is 15.8. The zero-order valence-corrected chi connectivity index (χ0v) is 12.0. The first kappa shape index (κ1) is 17.0. The van der Waals surface area contributed by atoms with Gasteiger partial charge in [-0.2, -0.15) is 13.2 Å². The predicted molar refractivity (Wildman–Crippen MR) is 71.4 cm³/mol. The quantitative estimate of drug-likeness (QED) is 0.824. The molecule has 0 amide bonds. The highest BCUT2D eigenvalue weighted by atomic mass is 31.2. The second-order valence-corrected chi connectivity index (χ2v) is 6.35. The van der Waals surface area contributed by atoms with Gasteiger partial charge in [0.15, 0.2) is 0 Å². The molecule has 1 aromatic rings. The third-order valence-corrected chi connectivity index (χ3v) is 3.66. The number of allylic oxidation sites excluding steroid dienone is 1. The minimum Gasteiger partial charge on any atom is -0.324 e. The number of hydrogen-bond donors (Lipinski definition) is 1. The van der Waals surface area contributed by atoms with Crippen molar-refractivity contribution in [2.24, 2.45) is 0 Å². The second kappa shape index (κ2) is 6.57. The molecule has 0 heterocycles. The Kier molecular flexibility index (Phi) is 5.57. The van der Waals surface area contributed by atoms with Crippen LogP contribution < -0.4 is 0 Å². The molecule has 3 nitrogen and oxygen atoms in total. The molecule has 0 aliphatic heterocycles. The molecule has 112 valence electrons. The molecule has 0 spiro atoms. The maximum absolute atomic E-state index is 12.5. The molecule has 0 fully saturated rings. The summed E-state index contributed by atoms with van der Waals surface area (Å²) in [5.74, 6) is 0. The Morgan fingerprint density at radius 2 is 2.05 bits per heavy atom. The average Bonchev–Trinajstić information content (AvgIpc) is 2.26.